The van der Waals surface area contributed by atoms with Crippen molar-refractivity contribution in [2.45, 2.75) is 51.0 Å². The number of nitrogens with zero attached hydrogens (tertiary/aromatic N) is 2. The number of fused-ring (bicyclic) bond motifs is 1. The first-order valence-electron chi connectivity index (χ1n) is 7.57. The van der Waals surface area contributed by atoms with Crippen LogP contribution in [0.4, 0.5) is 0 Å². The Balaban J connectivity index is 1.70. The minimum atomic E-state index is -0.267. The van der Waals surface area contributed by atoms with Crippen molar-refractivity contribution in [2.75, 3.05) is 13.6 Å². The van der Waals surface area contributed by atoms with Crippen molar-refractivity contribution in [1.29, 1.82) is 0 Å². The van der Waals surface area contributed by atoms with E-state index in [0.29, 0.717) is 12.2 Å². The first-order chi connectivity index (χ1) is 9.66. The van der Waals surface area contributed by atoms with E-state index in [4.69, 9.17) is 4.52 Å². The second kappa shape index (κ2) is 5.56. The Morgan fingerprint density at radius 2 is 2.15 bits per heavy atom. The molecule has 2 unspecified atom stereocenters. The predicted molar refractivity (Wildman–Crippen MR) is 73.5 cm³/mol. The van der Waals surface area contributed by atoms with Crippen LogP contribution in [0.5, 0.6) is 0 Å². The fraction of sp³-hybridized carbons (Fsp3) is 0.733. The summed E-state index contributed by atoms with van der Waals surface area (Å²) in [6, 6.07) is 0. The second-order valence-corrected chi connectivity index (χ2v) is 6.08. The summed E-state index contributed by atoms with van der Waals surface area (Å²) in [5.74, 6) is 1.01. The van der Waals surface area contributed by atoms with Gasteiger partial charge in [0.2, 0.25) is 0 Å². The van der Waals surface area contributed by atoms with Crippen LogP contribution in [0.25, 0.3) is 0 Å². The first-order valence-corrected chi connectivity index (χ1v) is 7.57. The zero-order valence-electron chi connectivity index (χ0n) is 12.0. The molecule has 0 radical (unpaired) electrons. The van der Waals surface area contributed by atoms with Crippen molar-refractivity contribution in [2.24, 2.45) is 5.92 Å². The van der Waals surface area contributed by atoms with E-state index in [-0.39, 0.29) is 17.9 Å². The maximum atomic E-state index is 12.5. The van der Waals surface area contributed by atoms with Crippen molar-refractivity contribution >= 4 is 5.91 Å². The summed E-state index contributed by atoms with van der Waals surface area (Å²) in [6.07, 6.45) is 6.62. The minimum absolute atomic E-state index is 0.0731. The van der Waals surface area contributed by atoms with Crippen molar-refractivity contribution in [3.05, 3.63) is 17.0 Å². The van der Waals surface area contributed by atoms with Gasteiger partial charge in [-0.2, -0.15) is 0 Å². The Hall–Kier alpha value is -1.36. The minimum Gasteiger partial charge on any atom is -0.393 e. The van der Waals surface area contributed by atoms with Crippen LogP contribution in [0.1, 0.15) is 53.9 Å². The maximum Gasteiger partial charge on any atom is 0.276 e. The summed E-state index contributed by atoms with van der Waals surface area (Å²) in [6.45, 7) is 0.599. The van der Waals surface area contributed by atoms with Gasteiger partial charge in [-0.1, -0.05) is 11.6 Å². The Morgan fingerprint density at radius 1 is 1.35 bits per heavy atom. The molecular formula is C15H22N2O3. The van der Waals surface area contributed by atoms with Gasteiger partial charge in [0.1, 0.15) is 5.76 Å². The van der Waals surface area contributed by atoms with E-state index >= 15 is 0 Å². The van der Waals surface area contributed by atoms with Gasteiger partial charge >= 0.3 is 0 Å². The quantitative estimate of drug-likeness (QED) is 0.915. The van der Waals surface area contributed by atoms with Crippen LogP contribution >= 0.6 is 0 Å². The van der Waals surface area contributed by atoms with Gasteiger partial charge in [-0.05, 0) is 32.1 Å². The number of carbonyl (C=O) groups excluding carboxylic acids is 1. The molecule has 0 aromatic carbocycles. The molecule has 1 aromatic rings. The van der Waals surface area contributed by atoms with Crippen molar-refractivity contribution in [1.82, 2.24) is 10.1 Å². The Morgan fingerprint density at radius 3 is 2.90 bits per heavy atom. The van der Waals surface area contributed by atoms with Crippen molar-refractivity contribution < 1.29 is 14.4 Å². The number of rotatable bonds is 3. The molecule has 20 heavy (non-hydrogen) atoms. The number of carbonyl (C=O) groups is 1. The number of aromatic nitrogens is 1. The number of hydrogen-bond acceptors (Lipinski definition) is 4. The second-order valence-electron chi connectivity index (χ2n) is 6.08. The summed E-state index contributed by atoms with van der Waals surface area (Å²) >= 11 is 0. The molecule has 1 fully saturated rings. The zero-order valence-corrected chi connectivity index (χ0v) is 12.0. The normalized spacial score (nSPS) is 25.5. The molecule has 5 nitrogen and oxygen atoms in total. The van der Waals surface area contributed by atoms with Crippen molar-refractivity contribution in [3.8, 4) is 0 Å². The number of aliphatic hydroxyl groups excluding tert-OH is 1. The Kier molecular flexibility index (Phi) is 3.78. The molecule has 0 bridgehead atoms. The van der Waals surface area contributed by atoms with Gasteiger partial charge in [0.15, 0.2) is 5.69 Å². The van der Waals surface area contributed by atoms with Gasteiger partial charge in [-0.15, -0.1) is 0 Å². The van der Waals surface area contributed by atoms with Gasteiger partial charge < -0.3 is 14.5 Å². The molecule has 2 aliphatic carbocycles. The van der Waals surface area contributed by atoms with Crippen LogP contribution in [0, 0.1) is 5.92 Å². The van der Waals surface area contributed by atoms with E-state index in [2.05, 4.69) is 5.16 Å². The van der Waals surface area contributed by atoms with Gasteiger partial charge in [0.05, 0.1) is 6.10 Å². The SMILES string of the molecule is CN(CC1CCCC1O)C(=O)c1noc2c1CCCC2. The lowest BCUT2D eigenvalue weighted by molar-refractivity contribution is 0.0683. The smallest absolute Gasteiger partial charge is 0.276 e. The maximum absolute atomic E-state index is 12.5. The monoisotopic (exact) mass is 278 g/mol. The molecule has 1 amide bonds. The molecule has 1 N–H and O–H groups in total. The first kappa shape index (κ1) is 13.6. The summed E-state index contributed by atoms with van der Waals surface area (Å²) in [7, 11) is 1.79. The third-order valence-corrected chi connectivity index (χ3v) is 4.63. The number of hydrogen-bond donors (Lipinski definition) is 1. The third-order valence-electron chi connectivity index (χ3n) is 4.63. The van der Waals surface area contributed by atoms with Gasteiger partial charge in [0.25, 0.3) is 5.91 Å². The lowest BCUT2D eigenvalue weighted by Gasteiger charge is -2.23. The average Bonchev–Trinajstić information content (AvgIpc) is 3.05. The van der Waals surface area contributed by atoms with Crippen LogP contribution in [0.3, 0.4) is 0 Å². The highest BCUT2D eigenvalue weighted by molar-refractivity contribution is 5.93. The molecule has 0 spiro atoms. The van der Waals surface area contributed by atoms with Gasteiger partial charge in [-0.25, -0.2) is 0 Å². The van der Waals surface area contributed by atoms with Gasteiger partial charge in [0, 0.05) is 31.5 Å². The third kappa shape index (κ3) is 2.46. The molecule has 1 saturated carbocycles. The topological polar surface area (TPSA) is 66.6 Å². The van der Waals surface area contributed by atoms with E-state index in [1.165, 1.54) is 0 Å². The fourth-order valence-corrected chi connectivity index (χ4v) is 3.40. The lowest BCUT2D eigenvalue weighted by atomic mass is 9.96. The molecule has 2 atom stereocenters. The average molecular weight is 278 g/mol. The number of amides is 1. The van der Waals surface area contributed by atoms with E-state index < -0.39 is 0 Å². The molecule has 5 heteroatoms. The standard InChI is InChI=1S/C15H22N2O3/c1-17(9-10-5-4-7-12(10)18)15(19)14-11-6-2-3-8-13(11)20-16-14/h10,12,18H,2-9H2,1H3. The van der Waals surface area contributed by atoms with E-state index in [1.54, 1.807) is 11.9 Å². The zero-order chi connectivity index (χ0) is 14.1. The molecule has 0 saturated heterocycles. The van der Waals surface area contributed by atoms with Gasteiger partial charge in [-0.3, -0.25) is 4.79 Å². The summed E-state index contributed by atoms with van der Waals surface area (Å²) in [5, 5.41) is 13.9. The lowest BCUT2D eigenvalue weighted by Crippen LogP contribution is -2.35. The predicted octanol–water partition coefficient (Wildman–Crippen LogP) is 1.79. The molecule has 110 valence electrons. The van der Waals surface area contributed by atoms with Crippen LogP contribution in [0.15, 0.2) is 4.52 Å². The number of aryl methyl sites for hydroxylation is 1. The van der Waals surface area contributed by atoms with Crippen LogP contribution < -0.4 is 0 Å². The largest absolute Gasteiger partial charge is 0.393 e. The van der Waals surface area contributed by atoms with Crippen LogP contribution in [-0.2, 0) is 12.8 Å². The molecule has 0 aliphatic heterocycles. The van der Waals surface area contributed by atoms with Crippen LogP contribution in [-0.4, -0.2) is 40.8 Å². The molecule has 3 rings (SSSR count). The van der Waals surface area contributed by atoms with E-state index in [9.17, 15) is 9.90 Å². The Bertz CT molecular complexity index is 497. The highest BCUT2D eigenvalue weighted by Crippen LogP contribution is 2.28. The summed E-state index contributed by atoms with van der Waals surface area (Å²) < 4.78 is 5.30. The Labute approximate surface area is 118 Å². The molecule has 1 heterocycles. The summed E-state index contributed by atoms with van der Waals surface area (Å²) in [5.41, 5.74) is 1.48. The van der Waals surface area contributed by atoms with Crippen LogP contribution in [0.2, 0.25) is 0 Å². The highest BCUT2D eigenvalue weighted by atomic mass is 16.5. The molecule has 1 aromatic heterocycles. The highest BCUT2D eigenvalue weighted by Gasteiger charge is 2.30. The molecule has 2 aliphatic rings. The molecular weight excluding hydrogens is 256 g/mol. The van der Waals surface area contributed by atoms with E-state index in [1.807, 2.05) is 0 Å². The summed E-state index contributed by atoms with van der Waals surface area (Å²) in [4.78, 5) is 14.2. The number of aliphatic hydroxyl groups is 1. The van der Waals surface area contributed by atoms with E-state index in [0.717, 1.165) is 56.3 Å². The fourth-order valence-electron chi connectivity index (χ4n) is 3.40. The van der Waals surface area contributed by atoms with Crippen molar-refractivity contribution in [3.63, 3.8) is 0 Å².